The van der Waals surface area contributed by atoms with E-state index in [1.165, 1.54) is 38.3 Å². The molecule has 3 unspecified atom stereocenters. The molecule has 0 bridgehead atoms. The summed E-state index contributed by atoms with van der Waals surface area (Å²) in [6.45, 7) is 1.47. The maximum atomic E-state index is 12.3. The zero-order valence-corrected chi connectivity index (χ0v) is 13.8. The van der Waals surface area contributed by atoms with Crippen molar-refractivity contribution >= 4 is 29.2 Å². The van der Waals surface area contributed by atoms with E-state index in [1.54, 1.807) is 0 Å². The number of benzene rings is 1. The predicted molar refractivity (Wildman–Crippen MR) is 85.0 cm³/mol. The van der Waals surface area contributed by atoms with Gasteiger partial charge in [-0.15, -0.1) is 0 Å². The minimum atomic E-state index is -1.39. The topological polar surface area (TPSA) is 125 Å². The molecule has 0 saturated heterocycles. The van der Waals surface area contributed by atoms with Gasteiger partial charge < -0.3 is 9.47 Å². The molecule has 132 valence electrons. The first kappa shape index (κ1) is 18.2. The van der Waals surface area contributed by atoms with Crippen LogP contribution in [-0.2, 0) is 23.9 Å². The van der Waals surface area contributed by atoms with E-state index in [0.29, 0.717) is 0 Å². The van der Waals surface area contributed by atoms with Gasteiger partial charge in [-0.1, -0.05) is 12.1 Å². The molecule has 9 nitrogen and oxygen atoms in total. The number of nitrogens with zero attached hydrogens (tertiary/aromatic N) is 2. The fraction of sp³-hybridized carbons (Fsp3) is 0.375. The van der Waals surface area contributed by atoms with Crippen LogP contribution >= 0.6 is 0 Å². The van der Waals surface area contributed by atoms with Crippen molar-refractivity contribution in [1.82, 2.24) is 0 Å². The third-order valence-electron chi connectivity index (χ3n) is 4.10. The minimum absolute atomic E-state index is 0.175. The normalized spacial score (nSPS) is 22.8. The summed E-state index contributed by atoms with van der Waals surface area (Å²) in [6.07, 6.45) is 0. The second-order valence-corrected chi connectivity index (χ2v) is 5.47. The number of amides is 1. The number of non-ortho nitro benzene ring substituents is 1. The molecule has 0 spiro atoms. The summed E-state index contributed by atoms with van der Waals surface area (Å²) in [6, 6.07) is 5.43. The number of carbonyl (C=O) groups is 3. The summed E-state index contributed by atoms with van der Waals surface area (Å²) >= 11 is 0. The number of ether oxygens (including phenoxy) is 2. The van der Waals surface area contributed by atoms with Gasteiger partial charge in [0.05, 0.1) is 19.1 Å². The van der Waals surface area contributed by atoms with Gasteiger partial charge in [0.2, 0.25) is 0 Å². The summed E-state index contributed by atoms with van der Waals surface area (Å²) in [7, 11) is 2.28. The Morgan fingerprint density at radius 2 is 1.76 bits per heavy atom. The number of aliphatic imine (C=N–C) groups is 1. The third-order valence-corrected chi connectivity index (χ3v) is 4.10. The predicted octanol–water partition coefficient (Wildman–Crippen LogP) is 1.26. The summed E-state index contributed by atoms with van der Waals surface area (Å²) in [5, 5.41) is 11.0. The van der Waals surface area contributed by atoms with E-state index in [1.807, 2.05) is 0 Å². The average Bonchev–Trinajstić information content (AvgIpc) is 2.59. The van der Waals surface area contributed by atoms with Gasteiger partial charge in [-0.25, -0.2) is 4.99 Å². The van der Waals surface area contributed by atoms with Crippen LogP contribution in [0.2, 0.25) is 0 Å². The van der Waals surface area contributed by atoms with E-state index in [9.17, 15) is 24.5 Å². The number of nitro benzene ring substituents is 1. The number of hydrogen-bond acceptors (Lipinski definition) is 7. The fourth-order valence-corrected chi connectivity index (χ4v) is 2.97. The highest BCUT2D eigenvalue weighted by molar-refractivity contribution is 6.13. The first-order valence-corrected chi connectivity index (χ1v) is 7.30. The Bertz CT molecular complexity index is 772. The summed E-state index contributed by atoms with van der Waals surface area (Å²) in [5.74, 6) is -5.76. The molecule has 1 amide bonds. The van der Waals surface area contributed by atoms with Gasteiger partial charge in [-0.3, -0.25) is 24.5 Å². The Hall–Kier alpha value is -3.10. The molecular formula is C16H16N2O7. The molecule has 1 aromatic carbocycles. The van der Waals surface area contributed by atoms with Crippen LogP contribution in [0.15, 0.2) is 29.3 Å². The quantitative estimate of drug-likeness (QED) is 0.347. The zero-order valence-electron chi connectivity index (χ0n) is 13.8. The van der Waals surface area contributed by atoms with Crippen LogP contribution in [0.4, 0.5) is 5.69 Å². The number of methoxy groups -OCH3 is 2. The molecule has 1 heterocycles. The number of esters is 2. The molecule has 0 aromatic heterocycles. The lowest BCUT2D eigenvalue weighted by Gasteiger charge is -2.32. The van der Waals surface area contributed by atoms with Crippen molar-refractivity contribution < 1.29 is 28.8 Å². The van der Waals surface area contributed by atoms with Crippen molar-refractivity contribution in [2.24, 2.45) is 16.8 Å². The van der Waals surface area contributed by atoms with E-state index in [4.69, 9.17) is 4.74 Å². The smallest absolute Gasteiger partial charge is 0.318 e. The molecule has 9 heteroatoms. The standard InChI is InChI=1S/C16H16N2O7/c1-8-11(15(20)24-2)12(13(14(19)17-8)16(21)25-3)9-5-4-6-10(7-9)18(22)23/h4-7,11-13H,1-3H3. The molecular weight excluding hydrogens is 332 g/mol. The Morgan fingerprint density at radius 1 is 1.16 bits per heavy atom. The van der Waals surface area contributed by atoms with Crippen molar-refractivity contribution in [2.45, 2.75) is 12.8 Å². The van der Waals surface area contributed by atoms with Gasteiger partial charge in [0.15, 0.2) is 0 Å². The summed E-state index contributed by atoms with van der Waals surface area (Å²) in [5.41, 5.74) is 0.230. The second-order valence-electron chi connectivity index (χ2n) is 5.47. The van der Waals surface area contributed by atoms with Crippen LogP contribution in [-0.4, -0.2) is 42.7 Å². The third kappa shape index (κ3) is 3.39. The van der Waals surface area contributed by atoms with Gasteiger partial charge in [0.1, 0.15) is 11.8 Å². The van der Waals surface area contributed by atoms with Gasteiger partial charge in [-0.05, 0) is 12.5 Å². The molecule has 0 N–H and O–H groups in total. The van der Waals surface area contributed by atoms with Crippen LogP contribution in [0.3, 0.4) is 0 Å². The largest absolute Gasteiger partial charge is 0.468 e. The van der Waals surface area contributed by atoms with Crippen LogP contribution in [0.25, 0.3) is 0 Å². The number of carbonyl (C=O) groups excluding carboxylic acids is 3. The van der Waals surface area contributed by atoms with Gasteiger partial charge >= 0.3 is 11.9 Å². The van der Waals surface area contributed by atoms with E-state index in [0.717, 1.165) is 7.11 Å². The SMILES string of the molecule is COC(=O)C1C(=O)N=C(C)C(C(=O)OC)C1c1cccc([N+](=O)[O-])c1. The van der Waals surface area contributed by atoms with Crippen molar-refractivity contribution in [3.8, 4) is 0 Å². The molecule has 25 heavy (non-hydrogen) atoms. The number of hydrogen-bond donors (Lipinski definition) is 0. The lowest BCUT2D eigenvalue weighted by atomic mass is 9.72. The maximum absolute atomic E-state index is 12.3. The molecule has 1 aliphatic heterocycles. The molecule has 1 aliphatic rings. The number of rotatable bonds is 4. The fourth-order valence-electron chi connectivity index (χ4n) is 2.97. The Kier molecular flexibility index (Phi) is 5.26. The van der Waals surface area contributed by atoms with Crippen molar-refractivity contribution in [2.75, 3.05) is 14.2 Å². The van der Waals surface area contributed by atoms with E-state index >= 15 is 0 Å². The Balaban J connectivity index is 2.67. The second kappa shape index (κ2) is 7.20. The molecule has 0 aliphatic carbocycles. The molecule has 0 radical (unpaired) electrons. The highest BCUT2D eigenvalue weighted by Gasteiger charge is 2.49. The number of nitro groups is 1. The monoisotopic (exact) mass is 348 g/mol. The van der Waals surface area contributed by atoms with Crippen LogP contribution in [0, 0.1) is 22.0 Å². The maximum Gasteiger partial charge on any atom is 0.318 e. The first-order chi connectivity index (χ1) is 11.8. The average molecular weight is 348 g/mol. The van der Waals surface area contributed by atoms with Gasteiger partial charge in [0, 0.05) is 23.8 Å². The molecule has 3 atom stereocenters. The van der Waals surface area contributed by atoms with Gasteiger partial charge in [0.25, 0.3) is 11.6 Å². The lowest BCUT2D eigenvalue weighted by Crippen LogP contribution is -2.44. The Labute approximate surface area is 142 Å². The van der Waals surface area contributed by atoms with Crippen molar-refractivity contribution in [1.29, 1.82) is 0 Å². The summed E-state index contributed by atoms with van der Waals surface area (Å²) < 4.78 is 9.44. The molecule has 2 rings (SSSR count). The van der Waals surface area contributed by atoms with Crippen LogP contribution in [0.5, 0.6) is 0 Å². The first-order valence-electron chi connectivity index (χ1n) is 7.30. The molecule has 1 aromatic rings. The summed E-state index contributed by atoms with van der Waals surface area (Å²) in [4.78, 5) is 50.9. The lowest BCUT2D eigenvalue weighted by molar-refractivity contribution is -0.384. The van der Waals surface area contributed by atoms with Gasteiger partial charge in [-0.2, -0.15) is 0 Å². The zero-order chi connectivity index (χ0) is 18.7. The highest BCUT2D eigenvalue weighted by Crippen LogP contribution is 2.39. The highest BCUT2D eigenvalue weighted by atomic mass is 16.6. The molecule has 0 fully saturated rings. The minimum Gasteiger partial charge on any atom is -0.468 e. The van der Waals surface area contributed by atoms with E-state index < -0.39 is 40.5 Å². The van der Waals surface area contributed by atoms with Crippen LogP contribution in [0.1, 0.15) is 18.4 Å². The van der Waals surface area contributed by atoms with E-state index in [-0.39, 0.29) is 17.0 Å². The van der Waals surface area contributed by atoms with Crippen molar-refractivity contribution in [3.63, 3.8) is 0 Å². The van der Waals surface area contributed by atoms with E-state index in [2.05, 4.69) is 9.73 Å². The van der Waals surface area contributed by atoms with Crippen LogP contribution < -0.4 is 0 Å². The Morgan fingerprint density at radius 3 is 2.32 bits per heavy atom. The van der Waals surface area contributed by atoms with Crippen molar-refractivity contribution in [3.05, 3.63) is 39.9 Å². The molecule has 0 saturated carbocycles.